The van der Waals surface area contributed by atoms with Crippen LogP contribution in [0.2, 0.25) is 0 Å². The molecule has 0 spiro atoms. The maximum absolute atomic E-state index is 12.5. The van der Waals surface area contributed by atoms with Crippen LogP contribution in [0.5, 0.6) is 0 Å². The Labute approximate surface area is 138 Å². The molecule has 2 atom stereocenters. The molecule has 0 bridgehead atoms. The highest BCUT2D eigenvalue weighted by atomic mass is 32.1. The first-order chi connectivity index (χ1) is 11.2. The third kappa shape index (κ3) is 2.90. The fourth-order valence-electron chi connectivity index (χ4n) is 3.32. The highest BCUT2D eigenvalue weighted by Crippen LogP contribution is 2.25. The highest BCUT2D eigenvalue weighted by Gasteiger charge is 2.32. The van der Waals surface area contributed by atoms with E-state index in [0.717, 1.165) is 47.8 Å². The van der Waals surface area contributed by atoms with Crippen LogP contribution >= 0.6 is 11.3 Å². The Balaban J connectivity index is 1.62. The van der Waals surface area contributed by atoms with Gasteiger partial charge >= 0.3 is 0 Å². The summed E-state index contributed by atoms with van der Waals surface area (Å²) < 4.78 is 7.24. The van der Waals surface area contributed by atoms with E-state index in [0.29, 0.717) is 13.2 Å². The lowest BCUT2D eigenvalue weighted by atomic mass is 9.97. The topological polar surface area (TPSA) is 69.0 Å². The molecule has 2 aromatic rings. The zero-order valence-corrected chi connectivity index (χ0v) is 13.9. The van der Waals surface area contributed by atoms with E-state index < -0.39 is 0 Å². The minimum Gasteiger partial charge on any atom is -0.377 e. The van der Waals surface area contributed by atoms with Crippen LogP contribution in [0.1, 0.15) is 35.8 Å². The molecule has 6 nitrogen and oxygen atoms in total. The van der Waals surface area contributed by atoms with Crippen molar-refractivity contribution in [2.75, 3.05) is 18.5 Å². The zero-order chi connectivity index (χ0) is 15.8. The lowest BCUT2D eigenvalue weighted by Crippen LogP contribution is -2.38. The van der Waals surface area contributed by atoms with Crippen LogP contribution in [0.3, 0.4) is 0 Å². The predicted octanol–water partition coefficient (Wildman–Crippen LogP) is 1.94. The van der Waals surface area contributed by atoms with Gasteiger partial charge in [0.15, 0.2) is 5.13 Å². The molecule has 0 aromatic carbocycles. The summed E-state index contributed by atoms with van der Waals surface area (Å²) in [6, 6.07) is 1.70. The van der Waals surface area contributed by atoms with Crippen LogP contribution in [0.25, 0.3) is 0 Å². The van der Waals surface area contributed by atoms with Gasteiger partial charge in [-0.1, -0.05) is 0 Å². The molecule has 23 heavy (non-hydrogen) atoms. The summed E-state index contributed by atoms with van der Waals surface area (Å²) in [7, 11) is 0. The van der Waals surface area contributed by atoms with Crippen molar-refractivity contribution in [2.24, 2.45) is 0 Å². The van der Waals surface area contributed by atoms with Crippen molar-refractivity contribution in [3.63, 3.8) is 0 Å². The van der Waals surface area contributed by atoms with Crippen molar-refractivity contribution in [3.8, 4) is 0 Å². The first kappa shape index (κ1) is 14.8. The van der Waals surface area contributed by atoms with Crippen LogP contribution in [0, 0.1) is 6.92 Å². The summed E-state index contributed by atoms with van der Waals surface area (Å²) in [5.41, 5.74) is 3.17. The van der Waals surface area contributed by atoms with Crippen molar-refractivity contribution in [1.29, 1.82) is 0 Å². The molecule has 4 rings (SSSR count). The van der Waals surface area contributed by atoms with Gasteiger partial charge in [-0.15, -0.1) is 11.3 Å². The second-order valence-electron chi connectivity index (χ2n) is 6.26. The fraction of sp³-hybridized carbons (Fsp3) is 0.562. The highest BCUT2D eigenvalue weighted by molar-refractivity contribution is 7.13. The summed E-state index contributed by atoms with van der Waals surface area (Å²) in [6.45, 7) is 3.04. The Morgan fingerprint density at radius 3 is 3.04 bits per heavy atom. The number of aromatic nitrogens is 3. The van der Waals surface area contributed by atoms with Gasteiger partial charge < -0.3 is 10.1 Å². The van der Waals surface area contributed by atoms with E-state index in [1.54, 1.807) is 22.1 Å². The summed E-state index contributed by atoms with van der Waals surface area (Å²) in [6.07, 6.45) is 4.24. The molecule has 3 heterocycles. The number of nitrogens with one attached hydrogen (secondary N) is 1. The van der Waals surface area contributed by atoms with Crippen molar-refractivity contribution in [2.45, 2.75) is 44.7 Å². The molecule has 1 aliphatic heterocycles. The normalized spacial score (nSPS) is 23.7. The molecule has 1 aliphatic carbocycles. The van der Waals surface area contributed by atoms with Crippen molar-refractivity contribution in [3.05, 3.63) is 38.8 Å². The minimum absolute atomic E-state index is 0.0207. The summed E-state index contributed by atoms with van der Waals surface area (Å²) in [5, 5.41) is 10.9. The standard InChI is InChI=1S/C16H20N4O2S/c1-10-9-23-16(17-10)18-13-7-22-8-14(13)20-15(21)6-11-4-2-3-5-12(11)19-20/h6,9,13-14H,2-5,7-8H2,1H3,(H,17,18). The number of hydrogen-bond donors (Lipinski definition) is 1. The molecule has 0 amide bonds. The first-order valence-electron chi connectivity index (χ1n) is 8.09. The van der Waals surface area contributed by atoms with Gasteiger partial charge in [-0.25, -0.2) is 9.67 Å². The van der Waals surface area contributed by atoms with Gasteiger partial charge in [0.1, 0.15) is 6.04 Å². The largest absolute Gasteiger partial charge is 0.377 e. The average molecular weight is 332 g/mol. The molecular weight excluding hydrogens is 312 g/mol. The third-order valence-electron chi connectivity index (χ3n) is 4.52. The van der Waals surface area contributed by atoms with Crippen molar-refractivity contribution >= 4 is 16.5 Å². The van der Waals surface area contributed by atoms with E-state index in [9.17, 15) is 4.79 Å². The van der Waals surface area contributed by atoms with Crippen molar-refractivity contribution < 1.29 is 4.74 Å². The zero-order valence-electron chi connectivity index (χ0n) is 13.1. The number of ether oxygens (including phenoxy) is 1. The summed E-state index contributed by atoms with van der Waals surface area (Å²) in [4.78, 5) is 16.9. The Hall–Kier alpha value is -1.73. The molecule has 122 valence electrons. The average Bonchev–Trinajstić information content (AvgIpc) is 3.16. The molecule has 7 heteroatoms. The molecule has 1 fully saturated rings. The van der Waals surface area contributed by atoms with Gasteiger partial charge in [0.2, 0.25) is 0 Å². The quantitative estimate of drug-likeness (QED) is 0.930. The Bertz CT molecular complexity index is 770. The number of thiazole rings is 1. The van der Waals surface area contributed by atoms with Gasteiger partial charge in [-0.05, 0) is 38.2 Å². The van der Waals surface area contributed by atoms with E-state index in [1.807, 2.05) is 12.3 Å². The lowest BCUT2D eigenvalue weighted by Gasteiger charge is -2.22. The van der Waals surface area contributed by atoms with E-state index >= 15 is 0 Å². The number of aryl methyl sites for hydroxylation is 3. The predicted molar refractivity (Wildman–Crippen MR) is 89.3 cm³/mol. The van der Waals surface area contributed by atoms with Crippen LogP contribution in [0.15, 0.2) is 16.2 Å². The van der Waals surface area contributed by atoms with Crippen LogP contribution < -0.4 is 10.9 Å². The Kier molecular flexibility index (Phi) is 3.90. The van der Waals surface area contributed by atoms with Gasteiger partial charge in [0, 0.05) is 11.4 Å². The monoisotopic (exact) mass is 332 g/mol. The number of anilines is 1. The molecule has 2 unspecified atom stereocenters. The van der Waals surface area contributed by atoms with E-state index in [2.05, 4.69) is 15.4 Å². The van der Waals surface area contributed by atoms with Gasteiger partial charge in [0.05, 0.1) is 30.6 Å². The number of hydrogen-bond acceptors (Lipinski definition) is 6. The molecule has 1 saturated heterocycles. The van der Waals surface area contributed by atoms with Crippen LogP contribution in [0.4, 0.5) is 5.13 Å². The van der Waals surface area contributed by atoms with Gasteiger partial charge in [0.25, 0.3) is 5.56 Å². The molecule has 0 saturated carbocycles. The fourth-order valence-corrected chi connectivity index (χ4v) is 4.07. The van der Waals surface area contributed by atoms with E-state index in [4.69, 9.17) is 4.74 Å². The van der Waals surface area contributed by atoms with E-state index in [1.165, 1.54) is 0 Å². The molecule has 1 N–H and O–H groups in total. The lowest BCUT2D eigenvalue weighted by molar-refractivity contribution is 0.182. The number of nitrogens with zero attached hydrogens (tertiary/aromatic N) is 3. The van der Waals surface area contributed by atoms with E-state index in [-0.39, 0.29) is 17.6 Å². The molecule has 2 aliphatic rings. The first-order valence-corrected chi connectivity index (χ1v) is 8.97. The Morgan fingerprint density at radius 1 is 1.35 bits per heavy atom. The third-order valence-corrected chi connectivity index (χ3v) is 5.42. The smallest absolute Gasteiger partial charge is 0.267 e. The van der Waals surface area contributed by atoms with Gasteiger partial charge in [-0.3, -0.25) is 4.79 Å². The molecular formula is C16H20N4O2S. The molecule has 2 aromatic heterocycles. The number of fused-ring (bicyclic) bond motifs is 1. The maximum atomic E-state index is 12.5. The second kappa shape index (κ2) is 6.05. The molecule has 0 radical (unpaired) electrons. The van der Waals surface area contributed by atoms with Gasteiger partial charge in [-0.2, -0.15) is 5.10 Å². The SMILES string of the molecule is Cc1csc(NC2COCC2n2nc3c(cc2=O)CCCC3)n1. The van der Waals surface area contributed by atoms with Crippen LogP contribution in [-0.2, 0) is 17.6 Å². The number of rotatable bonds is 3. The minimum atomic E-state index is -0.0843. The second-order valence-corrected chi connectivity index (χ2v) is 7.11. The summed E-state index contributed by atoms with van der Waals surface area (Å²) >= 11 is 1.58. The van der Waals surface area contributed by atoms with Crippen molar-refractivity contribution in [1.82, 2.24) is 14.8 Å². The Morgan fingerprint density at radius 2 is 2.22 bits per heavy atom. The summed E-state index contributed by atoms with van der Waals surface area (Å²) in [5.74, 6) is 0. The maximum Gasteiger partial charge on any atom is 0.267 e. The van der Waals surface area contributed by atoms with Crippen LogP contribution in [-0.4, -0.2) is 34.0 Å².